The lowest BCUT2D eigenvalue weighted by atomic mass is 10.0. The minimum atomic E-state index is -0.542. The van der Waals surface area contributed by atoms with Gasteiger partial charge < -0.3 is 14.5 Å². The lowest BCUT2D eigenvalue weighted by Gasteiger charge is -2.08. The van der Waals surface area contributed by atoms with Crippen LogP contribution >= 0.6 is 15.9 Å². The van der Waals surface area contributed by atoms with Crippen molar-refractivity contribution in [2.24, 2.45) is 0 Å². The van der Waals surface area contributed by atoms with Gasteiger partial charge in [0.15, 0.2) is 0 Å². The second-order valence-electron chi connectivity index (χ2n) is 5.72. The number of hydrogen-bond donors (Lipinski definition) is 2. The molecule has 0 fully saturated rings. The molecule has 0 saturated heterocycles. The number of aromatic amines is 1. The second-order valence-corrected chi connectivity index (χ2v) is 6.64. The van der Waals surface area contributed by atoms with Gasteiger partial charge in [0.05, 0.1) is 5.69 Å². The molecule has 0 bridgehead atoms. The number of pyridine rings is 1. The molecule has 2 aromatic carbocycles. The van der Waals surface area contributed by atoms with Crippen molar-refractivity contribution in [3.8, 4) is 34.4 Å². The molecule has 5 nitrogen and oxygen atoms in total. The molecule has 126 valence electrons. The smallest absolute Gasteiger partial charge is 0.267 e. The van der Waals surface area contributed by atoms with Gasteiger partial charge in [0.1, 0.15) is 28.7 Å². The molecule has 0 spiro atoms. The summed E-state index contributed by atoms with van der Waals surface area (Å²) >= 11 is 3.35. The Morgan fingerprint density at radius 1 is 1.08 bits per heavy atom. The first kappa shape index (κ1) is 16.2. The number of rotatable bonds is 2. The topological polar surface area (TPSA) is 90.0 Å². The van der Waals surface area contributed by atoms with Gasteiger partial charge in [-0.05, 0) is 36.4 Å². The number of para-hydroxylation sites is 1. The number of nitriles is 1. The fraction of sp³-hybridized carbons (Fsp3) is 0. The number of phenols is 1. The van der Waals surface area contributed by atoms with E-state index in [1.165, 1.54) is 6.07 Å². The van der Waals surface area contributed by atoms with Gasteiger partial charge in [-0.25, -0.2) is 0 Å². The third kappa shape index (κ3) is 2.68. The Bertz CT molecular complexity index is 1220. The number of aromatic hydroxyl groups is 1. The molecule has 0 aliphatic carbocycles. The number of hydrogen-bond acceptors (Lipinski definition) is 4. The number of fused-ring (bicyclic) bond motifs is 1. The van der Waals surface area contributed by atoms with E-state index in [2.05, 4.69) is 20.9 Å². The highest BCUT2D eigenvalue weighted by atomic mass is 79.9. The highest BCUT2D eigenvalue weighted by Crippen LogP contribution is 2.34. The summed E-state index contributed by atoms with van der Waals surface area (Å²) in [5.74, 6) is 0.439. The fourth-order valence-electron chi connectivity index (χ4n) is 2.85. The first-order valence-corrected chi connectivity index (χ1v) is 8.51. The van der Waals surface area contributed by atoms with Gasteiger partial charge >= 0.3 is 0 Å². The van der Waals surface area contributed by atoms with Gasteiger partial charge in [-0.3, -0.25) is 4.79 Å². The monoisotopic (exact) mass is 406 g/mol. The normalized spacial score (nSPS) is 10.8. The molecule has 0 aliphatic rings. The Hall–Kier alpha value is -3.30. The van der Waals surface area contributed by atoms with Crippen molar-refractivity contribution in [1.29, 1.82) is 5.26 Å². The number of nitrogens with one attached hydrogen (secondary N) is 1. The number of benzene rings is 2. The predicted molar refractivity (Wildman–Crippen MR) is 102 cm³/mol. The van der Waals surface area contributed by atoms with Gasteiger partial charge in [0.2, 0.25) is 0 Å². The van der Waals surface area contributed by atoms with Crippen molar-refractivity contribution >= 4 is 26.9 Å². The Morgan fingerprint density at radius 2 is 1.88 bits per heavy atom. The Kier molecular flexibility index (Phi) is 3.86. The Morgan fingerprint density at radius 3 is 2.65 bits per heavy atom. The van der Waals surface area contributed by atoms with Crippen molar-refractivity contribution in [2.75, 3.05) is 0 Å². The summed E-state index contributed by atoms with van der Waals surface area (Å²) in [6.07, 6.45) is 0. The van der Waals surface area contributed by atoms with E-state index in [0.717, 1.165) is 9.86 Å². The van der Waals surface area contributed by atoms with E-state index in [1.807, 2.05) is 30.3 Å². The number of nitrogens with zero attached hydrogens (tertiary/aromatic N) is 1. The maximum absolute atomic E-state index is 12.4. The van der Waals surface area contributed by atoms with Crippen LogP contribution < -0.4 is 5.56 Å². The molecule has 2 N–H and O–H groups in total. The number of phenolic OH excluding ortho intramolecular Hbond substituents is 1. The van der Waals surface area contributed by atoms with Crippen LogP contribution in [0.4, 0.5) is 0 Å². The van der Waals surface area contributed by atoms with Gasteiger partial charge in [0.25, 0.3) is 5.56 Å². The van der Waals surface area contributed by atoms with Crippen LogP contribution in [0.25, 0.3) is 33.6 Å². The molecule has 26 heavy (non-hydrogen) atoms. The molecule has 0 atom stereocenters. The zero-order valence-electron chi connectivity index (χ0n) is 13.3. The minimum absolute atomic E-state index is 0.0177. The van der Waals surface area contributed by atoms with E-state index in [1.54, 1.807) is 24.3 Å². The van der Waals surface area contributed by atoms with E-state index in [0.29, 0.717) is 28.2 Å². The Labute approximate surface area is 156 Å². The zero-order valence-corrected chi connectivity index (χ0v) is 14.9. The van der Waals surface area contributed by atoms with E-state index in [4.69, 9.17) is 4.42 Å². The quantitative estimate of drug-likeness (QED) is 0.500. The first-order chi connectivity index (χ1) is 12.6. The molecule has 2 aromatic heterocycles. The lowest BCUT2D eigenvalue weighted by molar-refractivity contribution is 0.477. The van der Waals surface area contributed by atoms with E-state index in [9.17, 15) is 15.2 Å². The van der Waals surface area contributed by atoms with Crippen LogP contribution in [-0.4, -0.2) is 10.1 Å². The molecular weight excluding hydrogens is 396 g/mol. The summed E-state index contributed by atoms with van der Waals surface area (Å²) in [4.78, 5) is 15.1. The van der Waals surface area contributed by atoms with Gasteiger partial charge in [-0.15, -0.1) is 0 Å². The van der Waals surface area contributed by atoms with Crippen molar-refractivity contribution < 1.29 is 9.52 Å². The molecule has 0 aliphatic heterocycles. The highest BCUT2D eigenvalue weighted by Gasteiger charge is 2.17. The molecule has 0 unspecified atom stereocenters. The van der Waals surface area contributed by atoms with Crippen LogP contribution in [0.5, 0.6) is 5.75 Å². The average molecular weight is 407 g/mol. The lowest BCUT2D eigenvalue weighted by Crippen LogP contribution is -2.12. The van der Waals surface area contributed by atoms with Crippen molar-refractivity contribution in [2.45, 2.75) is 0 Å². The third-order valence-corrected chi connectivity index (χ3v) is 4.58. The molecule has 0 saturated carbocycles. The second kappa shape index (κ2) is 6.21. The van der Waals surface area contributed by atoms with Crippen LogP contribution in [-0.2, 0) is 0 Å². The van der Waals surface area contributed by atoms with Crippen LogP contribution in [0, 0.1) is 11.3 Å². The van der Waals surface area contributed by atoms with Crippen molar-refractivity contribution in [3.63, 3.8) is 0 Å². The van der Waals surface area contributed by atoms with Gasteiger partial charge in [-0.1, -0.05) is 34.1 Å². The summed E-state index contributed by atoms with van der Waals surface area (Å²) < 4.78 is 6.57. The molecule has 0 amide bonds. The molecule has 6 heteroatoms. The number of H-pyrrole nitrogens is 1. The molecule has 4 aromatic rings. The largest absolute Gasteiger partial charge is 0.507 e. The summed E-state index contributed by atoms with van der Waals surface area (Å²) in [5, 5.41) is 20.5. The van der Waals surface area contributed by atoms with Gasteiger partial charge in [-0.2, -0.15) is 5.26 Å². The summed E-state index contributed by atoms with van der Waals surface area (Å²) in [6.45, 7) is 0. The molecule has 4 rings (SSSR count). The first-order valence-electron chi connectivity index (χ1n) is 7.72. The maximum atomic E-state index is 12.4. The standard InChI is InChI=1S/C20H11BrN2O3/c21-12-5-6-17(24)14(8-12)16-9-13(15(10-22)20(25)23-16)19-7-11-3-1-2-4-18(11)26-19/h1-9,24H,(H,23,25). The fourth-order valence-corrected chi connectivity index (χ4v) is 3.21. The minimum Gasteiger partial charge on any atom is -0.507 e. The van der Waals surface area contributed by atoms with E-state index in [-0.39, 0.29) is 11.3 Å². The van der Waals surface area contributed by atoms with Crippen LogP contribution in [0.3, 0.4) is 0 Å². The van der Waals surface area contributed by atoms with Crippen LogP contribution in [0.2, 0.25) is 0 Å². The maximum Gasteiger partial charge on any atom is 0.267 e. The average Bonchev–Trinajstić information content (AvgIpc) is 3.07. The molecular formula is C20H11BrN2O3. The van der Waals surface area contributed by atoms with Crippen LogP contribution in [0.1, 0.15) is 5.56 Å². The predicted octanol–water partition coefficient (Wildman–Crippen LogP) is 4.79. The van der Waals surface area contributed by atoms with E-state index < -0.39 is 5.56 Å². The summed E-state index contributed by atoms with van der Waals surface area (Å²) in [6, 6.07) is 17.7. The van der Waals surface area contributed by atoms with Crippen molar-refractivity contribution in [1.82, 2.24) is 4.98 Å². The summed E-state index contributed by atoms with van der Waals surface area (Å²) in [7, 11) is 0. The highest BCUT2D eigenvalue weighted by molar-refractivity contribution is 9.10. The van der Waals surface area contributed by atoms with E-state index >= 15 is 0 Å². The summed E-state index contributed by atoms with van der Waals surface area (Å²) in [5.41, 5.74) is 1.30. The third-order valence-electron chi connectivity index (χ3n) is 4.08. The Balaban J connectivity index is 1.99. The molecule has 2 heterocycles. The van der Waals surface area contributed by atoms with Crippen LogP contribution in [0.15, 0.2) is 68.3 Å². The number of furan rings is 1. The number of halogens is 1. The van der Waals surface area contributed by atoms with Crippen molar-refractivity contribution in [3.05, 3.63) is 75.0 Å². The zero-order chi connectivity index (χ0) is 18.3. The molecule has 0 radical (unpaired) electrons. The van der Waals surface area contributed by atoms with Gasteiger partial charge in [0, 0.05) is 21.0 Å². The SMILES string of the molecule is N#Cc1c(-c2cc3ccccc3o2)cc(-c2cc(Br)ccc2O)[nH]c1=O. The number of aromatic nitrogens is 1.